The second-order valence-corrected chi connectivity index (χ2v) is 6.06. The Morgan fingerprint density at radius 3 is 2.71 bits per heavy atom. The summed E-state index contributed by atoms with van der Waals surface area (Å²) in [6.07, 6.45) is 2.21. The molecule has 3 nitrogen and oxygen atoms in total. The Kier molecular flexibility index (Phi) is 5.53. The Hall–Kier alpha value is -1.20. The van der Waals surface area contributed by atoms with Crippen molar-refractivity contribution in [2.24, 2.45) is 13.0 Å². The highest BCUT2D eigenvalue weighted by atomic mass is 79.9. The molecule has 0 saturated heterocycles. The summed E-state index contributed by atoms with van der Waals surface area (Å²) in [7, 11) is 1.91. The molecule has 0 fully saturated rings. The van der Waals surface area contributed by atoms with E-state index in [-0.39, 0.29) is 18.3 Å². The van der Waals surface area contributed by atoms with Crippen LogP contribution in [0.2, 0.25) is 0 Å². The second-order valence-electron chi connectivity index (χ2n) is 5.27. The van der Waals surface area contributed by atoms with Crippen LogP contribution >= 0.6 is 15.9 Å². The zero-order chi connectivity index (χ0) is 15.4. The number of aliphatic hydroxyl groups is 1. The summed E-state index contributed by atoms with van der Waals surface area (Å²) in [5.74, 6) is -0.192. The van der Waals surface area contributed by atoms with Gasteiger partial charge in [0.2, 0.25) is 0 Å². The molecule has 2 aromatic rings. The van der Waals surface area contributed by atoms with Crippen molar-refractivity contribution in [1.29, 1.82) is 0 Å². The van der Waals surface area contributed by atoms with Gasteiger partial charge in [-0.25, -0.2) is 4.39 Å². The highest BCUT2D eigenvalue weighted by Gasteiger charge is 2.18. The Morgan fingerprint density at radius 2 is 2.14 bits per heavy atom. The zero-order valence-corrected chi connectivity index (χ0v) is 13.9. The van der Waals surface area contributed by atoms with E-state index in [0.717, 1.165) is 27.8 Å². The predicted molar refractivity (Wildman–Crippen MR) is 84.7 cm³/mol. The highest BCUT2D eigenvalue weighted by molar-refractivity contribution is 9.10. The number of halogens is 2. The largest absolute Gasteiger partial charge is 0.396 e. The Morgan fingerprint density at radius 1 is 1.38 bits per heavy atom. The number of hydrogen-bond donors (Lipinski definition) is 1. The standard InChI is InChI=1S/C16H20BrFN2O/c1-3-14-16(17)15(20(2)19-14)9-12(10-21)7-11-5-4-6-13(18)8-11/h4-6,8,12,21H,3,7,9-10H2,1-2H3. The lowest BCUT2D eigenvalue weighted by Gasteiger charge is -2.15. The molecule has 21 heavy (non-hydrogen) atoms. The summed E-state index contributed by atoms with van der Waals surface area (Å²) >= 11 is 3.59. The fourth-order valence-electron chi connectivity index (χ4n) is 2.51. The van der Waals surface area contributed by atoms with Crippen molar-refractivity contribution < 1.29 is 9.50 Å². The van der Waals surface area contributed by atoms with E-state index in [1.807, 2.05) is 17.8 Å². The molecule has 0 aliphatic carbocycles. The molecule has 0 saturated carbocycles. The van der Waals surface area contributed by atoms with Crippen LogP contribution in [0.4, 0.5) is 4.39 Å². The molecule has 1 atom stereocenters. The van der Waals surface area contributed by atoms with Gasteiger partial charge in [0.05, 0.1) is 15.9 Å². The van der Waals surface area contributed by atoms with Gasteiger partial charge in [-0.3, -0.25) is 4.68 Å². The lowest BCUT2D eigenvalue weighted by atomic mass is 9.95. The SMILES string of the molecule is CCc1nn(C)c(CC(CO)Cc2cccc(F)c2)c1Br. The number of aliphatic hydroxyl groups excluding tert-OH is 1. The van der Waals surface area contributed by atoms with E-state index in [1.54, 1.807) is 6.07 Å². The van der Waals surface area contributed by atoms with Crippen LogP contribution in [0.15, 0.2) is 28.7 Å². The number of nitrogens with zero attached hydrogens (tertiary/aromatic N) is 2. The van der Waals surface area contributed by atoms with Gasteiger partial charge >= 0.3 is 0 Å². The molecule has 0 radical (unpaired) electrons. The van der Waals surface area contributed by atoms with E-state index in [9.17, 15) is 9.50 Å². The van der Waals surface area contributed by atoms with E-state index in [4.69, 9.17) is 0 Å². The van der Waals surface area contributed by atoms with Crippen molar-refractivity contribution in [2.45, 2.75) is 26.2 Å². The molecule has 5 heteroatoms. The first-order valence-corrected chi connectivity index (χ1v) is 7.90. The number of rotatable bonds is 6. The molecule has 1 aromatic heterocycles. The van der Waals surface area contributed by atoms with Gasteiger partial charge in [-0.2, -0.15) is 5.10 Å². The molecule has 0 aliphatic rings. The minimum Gasteiger partial charge on any atom is -0.396 e. The van der Waals surface area contributed by atoms with Crippen molar-refractivity contribution in [3.63, 3.8) is 0 Å². The van der Waals surface area contributed by atoms with Crippen molar-refractivity contribution in [3.8, 4) is 0 Å². The molecule has 0 bridgehead atoms. The number of benzene rings is 1. The maximum absolute atomic E-state index is 13.2. The first kappa shape index (κ1) is 16.2. The van der Waals surface area contributed by atoms with Crippen LogP contribution in [0.25, 0.3) is 0 Å². The fraction of sp³-hybridized carbons (Fsp3) is 0.438. The van der Waals surface area contributed by atoms with Gasteiger partial charge in [-0.15, -0.1) is 0 Å². The molecule has 114 valence electrons. The summed E-state index contributed by atoms with van der Waals surface area (Å²) < 4.78 is 16.1. The summed E-state index contributed by atoms with van der Waals surface area (Å²) in [4.78, 5) is 0. The van der Waals surface area contributed by atoms with E-state index in [2.05, 4.69) is 28.0 Å². The lowest BCUT2D eigenvalue weighted by Crippen LogP contribution is -2.15. The maximum atomic E-state index is 13.2. The smallest absolute Gasteiger partial charge is 0.123 e. The molecule has 1 N–H and O–H groups in total. The third-order valence-corrected chi connectivity index (χ3v) is 4.57. The van der Waals surface area contributed by atoms with Gasteiger partial charge in [0.25, 0.3) is 0 Å². The van der Waals surface area contributed by atoms with Crippen LogP contribution in [0.5, 0.6) is 0 Å². The first-order chi connectivity index (χ1) is 10.0. The van der Waals surface area contributed by atoms with Gasteiger partial charge in [0, 0.05) is 13.7 Å². The quantitative estimate of drug-likeness (QED) is 0.864. The maximum Gasteiger partial charge on any atom is 0.123 e. The zero-order valence-electron chi connectivity index (χ0n) is 12.3. The molecule has 1 aromatic carbocycles. The van der Waals surface area contributed by atoms with Crippen LogP contribution in [0.1, 0.15) is 23.9 Å². The van der Waals surface area contributed by atoms with Crippen molar-refractivity contribution >= 4 is 15.9 Å². The van der Waals surface area contributed by atoms with Crippen LogP contribution in [0, 0.1) is 11.7 Å². The predicted octanol–water partition coefficient (Wildman–Crippen LogP) is 3.28. The minimum absolute atomic E-state index is 0.0446. The van der Waals surface area contributed by atoms with Crippen molar-refractivity contribution in [3.05, 3.63) is 51.5 Å². The molecular formula is C16H20BrFN2O. The number of aryl methyl sites for hydroxylation is 2. The molecule has 0 spiro atoms. The molecular weight excluding hydrogens is 335 g/mol. The third-order valence-electron chi connectivity index (χ3n) is 3.66. The Labute approximate surface area is 132 Å². The van der Waals surface area contributed by atoms with Gasteiger partial charge < -0.3 is 5.11 Å². The monoisotopic (exact) mass is 354 g/mol. The molecule has 0 aliphatic heterocycles. The summed E-state index contributed by atoms with van der Waals surface area (Å²) in [6.45, 7) is 2.13. The average molecular weight is 355 g/mol. The summed E-state index contributed by atoms with van der Waals surface area (Å²) in [6, 6.07) is 6.55. The summed E-state index contributed by atoms with van der Waals surface area (Å²) in [5.41, 5.74) is 3.00. The van der Waals surface area contributed by atoms with E-state index in [0.29, 0.717) is 12.8 Å². The third kappa shape index (κ3) is 3.92. The van der Waals surface area contributed by atoms with Gasteiger partial charge in [0.15, 0.2) is 0 Å². The van der Waals surface area contributed by atoms with Gasteiger partial charge in [0.1, 0.15) is 5.82 Å². The summed E-state index contributed by atoms with van der Waals surface area (Å²) in [5, 5.41) is 14.1. The highest BCUT2D eigenvalue weighted by Crippen LogP contribution is 2.25. The molecule has 0 amide bonds. The van der Waals surface area contributed by atoms with Crippen LogP contribution in [-0.4, -0.2) is 21.5 Å². The average Bonchev–Trinajstić information content (AvgIpc) is 2.73. The van der Waals surface area contributed by atoms with Gasteiger partial charge in [-0.1, -0.05) is 19.1 Å². The van der Waals surface area contributed by atoms with Crippen LogP contribution in [0.3, 0.4) is 0 Å². The Balaban J connectivity index is 2.14. The van der Waals surface area contributed by atoms with Crippen LogP contribution < -0.4 is 0 Å². The molecule has 1 unspecified atom stereocenters. The van der Waals surface area contributed by atoms with E-state index in [1.165, 1.54) is 12.1 Å². The van der Waals surface area contributed by atoms with Crippen LogP contribution in [-0.2, 0) is 26.3 Å². The van der Waals surface area contributed by atoms with Crippen molar-refractivity contribution in [1.82, 2.24) is 9.78 Å². The fourth-order valence-corrected chi connectivity index (χ4v) is 3.29. The van der Waals surface area contributed by atoms with E-state index < -0.39 is 0 Å². The first-order valence-electron chi connectivity index (χ1n) is 7.10. The lowest BCUT2D eigenvalue weighted by molar-refractivity contribution is 0.223. The number of aromatic nitrogens is 2. The normalized spacial score (nSPS) is 12.6. The minimum atomic E-state index is -0.237. The topological polar surface area (TPSA) is 38.0 Å². The molecule has 1 heterocycles. The Bertz CT molecular complexity index is 612. The van der Waals surface area contributed by atoms with E-state index >= 15 is 0 Å². The van der Waals surface area contributed by atoms with Gasteiger partial charge in [-0.05, 0) is 58.8 Å². The second kappa shape index (κ2) is 7.18. The molecule has 2 rings (SSSR count). The van der Waals surface area contributed by atoms with Crippen molar-refractivity contribution in [2.75, 3.05) is 6.61 Å². The number of hydrogen-bond acceptors (Lipinski definition) is 2.